The fourth-order valence-corrected chi connectivity index (χ4v) is 7.12. The molecular formula is C19H22FN9O9P2S2. The van der Waals surface area contributed by atoms with Crippen LogP contribution in [-0.4, -0.2) is 71.3 Å². The van der Waals surface area contributed by atoms with Crippen LogP contribution < -0.4 is 11.3 Å². The number of thiol groups is 2. The van der Waals surface area contributed by atoms with Gasteiger partial charge in [0.25, 0.3) is 5.56 Å². The number of imidazole rings is 2. The Labute approximate surface area is 244 Å². The number of rotatable bonds is 3. The van der Waals surface area contributed by atoms with Gasteiger partial charge in [-0.1, -0.05) is 24.5 Å². The van der Waals surface area contributed by atoms with Gasteiger partial charge in [-0.2, -0.15) is 4.98 Å². The Balaban J connectivity index is 1.38. The molecule has 4 aromatic rings. The highest BCUT2D eigenvalue weighted by Gasteiger charge is 2.53. The van der Waals surface area contributed by atoms with E-state index in [4.69, 9.17) is 33.3 Å². The lowest BCUT2D eigenvalue weighted by molar-refractivity contribution is -0.118. The summed E-state index contributed by atoms with van der Waals surface area (Å²) in [5.41, 5.74) is 5.46. The van der Waals surface area contributed by atoms with E-state index in [1.165, 1.54) is 13.3 Å². The summed E-state index contributed by atoms with van der Waals surface area (Å²) in [5.74, 6) is 0.307. The van der Waals surface area contributed by atoms with Crippen molar-refractivity contribution in [1.29, 1.82) is 0 Å². The molecule has 0 saturated carbocycles. The molecule has 0 amide bonds. The summed E-state index contributed by atoms with van der Waals surface area (Å²) in [6, 6.07) is 0. The number of aromatic nitrogens is 8. The van der Waals surface area contributed by atoms with Crippen LogP contribution in [-0.2, 0) is 56.5 Å². The third-order valence-electron chi connectivity index (χ3n) is 6.16. The van der Waals surface area contributed by atoms with E-state index in [1.54, 1.807) is 4.57 Å². The monoisotopic (exact) mass is 665 g/mol. The molecule has 0 aliphatic carbocycles. The van der Waals surface area contributed by atoms with Crippen LogP contribution in [0.5, 0.6) is 0 Å². The van der Waals surface area contributed by atoms with Gasteiger partial charge < -0.3 is 19.8 Å². The first-order valence-corrected chi connectivity index (χ1v) is 17.4. The van der Waals surface area contributed by atoms with Crippen LogP contribution in [0.4, 0.5) is 10.3 Å². The van der Waals surface area contributed by atoms with Gasteiger partial charge in [0.1, 0.15) is 30.7 Å². The lowest BCUT2D eigenvalue weighted by Crippen LogP contribution is -2.31. The van der Waals surface area contributed by atoms with E-state index < -0.39 is 50.6 Å². The Morgan fingerprint density at radius 3 is 2.74 bits per heavy atom. The number of methoxy groups -OCH3 is 1. The van der Waals surface area contributed by atoms with Gasteiger partial charge in [0.15, 0.2) is 35.0 Å². The van der Waals surface area contributed by atoms with E-state index in [2.05, 4.69) is 54.4 Å². The van der Waals surface area contributed by atoms with Crippen LogP contribution in [0, 0.1) is 0 Å². The van der Waals surface area contributed by atoms with Crippen molar-refractivity contribution in [3.63, 3.8) is 0 Å². The van der Waals surface area contributed by atoms with Crippen LogP contribution in [0.3, 0.4) is 0 Å². The normalized spacial score (nSPS) is 30.9. The number of halogens is 1. The number of nitrogens with two attached hydrogens (primary N) is 1. The quantitative estimate of drug-likeness (QED) is 0.181. The highest BCUT2D eigenvalue weighted by Crippen LogP contribution is 2.60. The number of alkyl halides is 1. The van der Waals surface area contributed by atoms with Crippen molar-refractivity contribution < 1.29 is 41.1 Å². The molecule has 6 atom stereocenters. The molecule has 23 heteroatoms. The molecule has 1 saturated heterocycles. The van der Waals surface area contributed by atoms with Crippen LogP contribution in [0.2, 0.25) is 0 Å². The Morgan fingerprint density at radius 2 is 1.95 bits per heavy atom. The van der Waals surface area contributed by atoms with E-state index in [9.17, 15) is 13.9 Å². The molecule has 2 aliphatic rings. The third-order valence-corrected chi connectivity index (χ3v) is 9.37. The van der Waals surface area contributed by atoms with Crippen molar-refractivity contribution in [2.24, 2.45) is 0 Å². The largest absolute Gasteiger partial charge is 0.388 e. The molecule has 0 aromatic carbocycles. The molecule has 0 radical (unpaired) electrons. The number of nitrogens with zero attached hydrogens (tertiary/aromatic N) is 7. The zero-order valence-corrected chi connectivity index (χ0v) is 24.9. The maximum absolute atomic E-state index is 15.8. The molecule has 3 N–H and O–H groups in total. The molecule has 6 rings (SSSR count). The number of fused-ring (bicyclic) bond motifs is 6. The van der Waals surface area contributed by atoms with Crippen molar-refractivity contribution in [2.75, 3.05) is 19.5 Å². The fraction of sp³-hybridized carbons (Fsp3) is 0.474. The highest BCUT2D eigenvalue weighted by molar-refractivity contribution is 8.44. The Hall–Kier alpha value is -2.45. The molecule has 2 aliphatic heterocycles. The van der Waals surface area contributed by atoms with E-state index in [0.717, 1.165) is 10.9 Å². The minimum atomic E-state index is -4.37. The van der Waals surface area contributed by atoms with E-state index in [0.29, 0.717) is 17.0 Å². The zero-order valence-electron chi connectivity index (χ0n) is 21.3. The summed E-state index contributed by atoms with van der Waals surface area (Å²) in [4.78, 5) is 35.6. The summed E-state index contributed by atoms with van der Waals surface area (Å²) in [6.07, 6.45) is -4.85. The summed E-state index contributed by atoms with van der Waals surface area (Å²) >= 11 is 8.00. The molecule has 2 bridgehead atoms. The summed E-state index contributed by atoms with van der Waals surface area (Å²) in [5, 5.41) is 0. The number of hydrogen-bond donors (Lipinski definition) is 4. The third kappa shape index (κ3) is 5.73. The van der Waals surface area contributed by atoms with Gasteiger partial charge in [-0.15, -0.1) is 0 Å². The number of H-pyrrole nitrogens is 1. The fourth-order valence-electron chi connectivity index (χ4n) is 4.43. The second-order valence-corrected chi connectivity index (χ2v) is 14.7. The molecule has 4 aromatic heterocycles. The molecule has 1 fully saturated rings. The average Bonchev–Trinajstić information content (AvgIpc) is 3.57. The van der Waals surface area contributed by atoms with Gasteiger partial charge in [-0.25, -0.2) is 33.5 Å². The predicted molar refractivity (Wildman–Crippen MR) is 147 cm³/mol. The number of ether oxygens (including phenoxy) is 2. The van der Waals surface area contributed by atoms with Gasteiger partial charge in [-0.3, -0.25) is 32.4 Å². The first kappa shape index (κ1) is 29.6. The lowest BCUT2D eigenvalue weighted by atomic mass is 10.2. The van der Waals surface area contributed by atoms with Crippen LogP contribution in [0.1, 0.15) is 17.9 Å². The summed E-state index contributed by atoms with van der Waals surface area (Å²) in [6.45, 7) is -9.19. The van der Waals surface area contributed by atoms with Crippen LogP contribution in [0.25, 0.3) is 22.3 Å². The van der Waals surface area contributed by atoms with E-state index in [-0.39, 0.29) is 42.7 Å². The van der Waals surface area contributed by atoms with Crippen molar-refractivity contribution >= 4 is 66.4 Å². The number of nitrogen functional groups attached to an aromatic ring is 1. The number of hydrogen-bond acceptors (Lipinski definition) is 15. The van der Waals surface area contributed by atoms with Crippen LogP contribution >= 0.6 is 38.1 Å². The maximum atomic E-state index is 15.8. The SMILES string of the molecule is COCc1ncc2nc3n(c2n1)CCOP(=O)(S)O[C@H]1O[C@@H](n2cnc4c(=O)[nH]c(N)nc42)[C@H](OP(=O)(S)OC3)[C@@H]1F. The average molecular weight is 666 g/mol. The molecule has 6 heterocycles. The Morgan fingerprint density at radius 1 is 1.17 bits per heavy atom. The van der Waals surface area contributed by atoms with Gasteiger partial charge in [-0.05, 0) is 0 Å². The second-order valence-electron chi connectivity index (χ2n) is 8.94. The molecule has 0 spiro atoms. The number of aromatic amines is 1. The minimum Gasteiger partial charge on any atom is -0.377 e. The van der Waals surface area contributed by atoms with E-state index in [1.807, 2.05) is 0 Å². The van der Waals surface area contributed by atoms with Gasteiger partial charge in [0, 0.05) is 13.7 Å². The van der Waals surface area contributed by atoms with Gasteiger partial charge >= 0.3 is 13.6 Å². The molecule has 2 unspecified atom stereocenters. The smallest absolute Gasteiger partial charge is 0.377 e. The lowest BCUT2D eigenvalue weighted by Gasteiger charge is -2.24. The zero-order chi connectivity index (χ0) is 29.8. The Bertz CT molecular complexity index is 1820. The van der Waals surface area contributed by atoms with Crippen molar-refractivity contribution in [3.8, 4) is 0 Å². The molecular weight excluding hydrogens is 643 g/mol. The standard InChI is InChI=1S/C19H22FN9O9P2S2/c1-33-5-9-22-4-8-14(25-9)28-2-3-34-39(31,41)38-18-11(20)13(37-40(32,42)35-6-10(28)24-8)17(36-18)29-7-23-12-15(29)26-19(21)27-16(12)30/h4,7,11,13,17-18H,2-3,5-6H2,1H3,(H,31,41)(H,32,42)(H3,21,26,27,30)/t11-,13+,17+,18+,39?,40?/m0/s1. The molecule has 18 nitrogen and oxygen atoms in total. The van der Waals surface area contributed by atoms with Crippen molar-refractivity contribution in [1.82, 2.24) is 39.0 Å². The van der Waals surface area contributed by atoms with E-state index >= 15 is 4.39 Å². The number of anilines is 1. The predicted octanol–water partition coefficient (Wildman–Crippen LogP) is 1.91. The van der Waals surface area contributed by atoms with Gasteiger partial charge in [0.05, 0.1) is 19.1 Å². The summed E-state index contributed by atoms with van der Waals surface area (Å²) in [7, 11) is 1.49. The summed E-state index contributed by atoms with van der Waals surface area (Å²) < 4.78 is 77.4. The van der Waals surface area contributed by atoms with Crippen molar-refractivity contribution in [3.05, 3.63) is 34.5 Å². The molecule has 42 heavy (non-hydrogen) atoms. The van der Waals surface area contributed by atoms with Gasteiger partial charge in [0.2, 0.25) is 12.2 Å². The highest BCUT2D eigenvalue weighted by atomic mass is 32.7. The first-order valence-electron chi connectivity index (χ1n) is 12.0. The number of nitrogens with one attached hydrogen (secondary N) is 1. The first-order chi connectivity index (χ1) is 19.9. The molecule has 226 valence electrons. The van der Waals surface area contributed by atoms with Crippen molar-refractivity contribution in [2.45, 2.75) is 44.6 Å². The minimum absolute atomic E-state index is 0.00274. The topological polar surface area (TPSA) is 223 Å². The maximum Gasteiger partial charge on any atom is 0.388 e. The van der Waals surface area contributed by atoms with Crippen LogP contribution in [0.15, 0.2) is 17.3 Å². The Kier molecular flexibility index (Phi) is 7.92. The second kappa shape index (κ2) is 11.2.